The van der Waals surface area contributed by atoms with Gasteiger partial charge >= 0.3 is 6.18 Å². The molecule has 3 N–H and O–H groups in total. The van der Waals surface area contributed by atoms with Crippen molar-refractivity contribution in [2.45, 2.75) is 31.9 Å². The lowest BCUT2D eigenvalue weighted by atomic mass is 10.0. The number of amides is 1. The van der Waals surface area contributed by atoms with E-state index in [0.29, 0.717) is 33.6 Å². The molecule has 37 heavy (non-hydrogen) atoms. The summed E-state index contributed by atoms with van der Waals surface area (Å²) in [4.78, 5) is 12.4. The molecule has 0 fully saturated rings. The van der Waals surface area contributed by atoms with Crippen molar-refractivity contribution in [1.29, 1.82) is 5.41 Å². The highest BCUT2D eigenvalue weighted by Crippen LogP contribution is 2.31. The maximum atomic E-state index is 13.8. The lowest BCUT2D eigenvalue weighted by Crippen LogP contribution is -2.20. The van der Waals surface area contributed by atoms with Gasteiger partial charge in [0.25, 0.3) is 5.92 Å². The highest BCUT2D eigenvalue weighted by atomic mass is 35.5. The molecule has 3 rings (SSSR count). The Kier molecular flexibility index (Phi) is 8.70. The average molecular weight is 536 g/mol. The Morgan fingerprint density at radius 2 is 1.41 bits per heavy atom. The van der Waals surface area contributed by atoms with Gasteiger partial charge in [-0.05, 0) is 53.6 Å². The van der Waals surface area contributed by atoms with Gasteiger partial charge in [-0.2, -0.15) is 13.2 Å². The molecule has 0 bridgehead atoms. The summed E-state index contributed by atoms with van der Waals surface area (Å²) in [7, 11) is 0. The van der Waals surface area contributed by atoms with E-state index in [9.17, 15) is 26.7 Å². The normalized spacial score (nSPS) is 12.2. The van der Waals surface area contributed by atoms with Crippen molar-refractivity contribution in [2.24, 2.45) is 0 Å². The molecule has 3 aromatic carbocycles. The van der Waals surface area contributed by atoms with Gasteiger partial charge in [0, 0.05) is 34.1 Å². The molecule has 0 saturated carbocycles. The van der Waals surface area contributed by atoms with E-state index in [1.54, 1.807) is 24.3 Å². The first-order chi connectivity index (χ1) is 17.4. The van der Waals surface area contributed by atoms with Crippen molar-refractivity contribution in [3.63, 3.8) is 0 Å². The second-order valence-electron chi connectivity index (χ2n) is 8.16. The fraction of sp³-hybridized carbons (Fsp3) is 0.185. The van der Waals surface area contributed by atoms with Crippen LogP contribution in [-0.2, 0) is 17.1 Å². The van der Waals surface area contributed by atoms with Crippen LogP contribution in [0, 0.1) is 5.41 Å². The zero-order valence-electron chi connectivity index (χ0n) is 19.6. The quantitative estimate of drug-likeness (QED) is 0.192. The van der Waals surface area contributed by atoms with Gasteiger partial charge in [-0.25, -0.2) is 8.78 Å². The molecule has 0 aliphatic carbocycles. The minimum atomic E-state index is -4.81. The van der Waals surface area contributed by atoms with E-state index in [-0.39, 0.29) is 30.0 Å². The second kappa shape index (κ2) is 11.6. The van der Waals surface area contributed by atoms with Crippen molar-refractivity contribution < 1.29 is 26.7 Å². The molecule has 0 saturated heterocycles. The number of anilines is 2. The third kappa shape index (κ3) is 7.88. The van der Waals surface area contributed by atoms with Crippen LogP contribution in [0.4, 0.5) is 33.3 Å². The van der Waals surface area contributed by atoms with Crippen LogP contribution in [0.5, 0.6) is 0 Å². The van der Waals surface area contributed by atoms with E-state index in [0.717, 1.165) is 0 Å². The van der Waals surface area contributed by atoms with Crippen molar-refractivity contribution in [3.8, 4) is 0 Å². The largest absolute Gasteiger partial charge is 0.432 e. The number of carbonyl (C=O) groups is 1. The van der Waals surface area contributed by atoms with Gasteiger partial charge in [-0.15, -0.1) is 0 Å². The van der Waals surface area contributed by atoms with Gasteiger partial charge in [-0.3, -0.25) is 10.2 Å². The molecule has 0 heterocycles. The maximum Gasteiger partial charge on any atom is 0.432 e. The van der Waals surface area contributed by atoms with E-state index in [4.69, 9.17) is 17.0 Å². The summed E-state index contributed by atoms with van der Waals surface area (Å²) in [5.74, 6) is -3.29. The molecule has 1 amide bonds. The van der Waals surface area contributed by atoms with Gasteiger partial charge in [0.1, 0.15) is 5.71 Å². The summed E-state index contributed by atoms with van der Waals surface area (Å²) < 4.78 is 66.4. The standard InChI is InChI=1S/C27H23ClF5N3O/c1-2-26(29,30)19-7-3-17(4-8-19)15-25(37)36-22-13-11-21(12-14-22)35-23(16-24(34)27(31,32)33)18-5-9-20(28)10-6-18/h3-14,16,34-35H,2,15H2,1H3,(H,36,37)/b23-16-,34-24?. The molecule has 10 heteroatoms. The lowest BCUT2D eigenvalue weighted by molar-refractivity contribution is -0.115. The van der Waals surface area contributed by atoms with Crippen LogP contribution in [0.2, 0.25) is 5.02 Å². The molecule has 0 aromatic heterocycles. The summed E-state index contributed by atoms with van der Waals surface area (Å²) in [6.07, 6.45) is -4.48. The van der Waals surface area contributed by atoms with Crippen LogP contribution in [0.15, 0.2) is 78.9 Å². The van der Waals surface area contributed by atoms with Gasteiger partial charge in [0.2, 0.25) is 5.91 Å². The first-order valence-corrected chi connectivity index (χ1v) is 11.5. The molecule has 3 aromatic rings. The van der Waals surface area contributed by atoms with Crippen LogP contribution in [0.1, 0.15) is 30.0 Å². The summed E-state index contributed by atoms with van der Waals surface area (Å²) in [6.45, 7) is 1.39. The topological polar surface area (TPSA) is 65.0 Å². The van der Waals surface area contributed by atoms with Crippen LogP contribution in [-0.4, -0.2) is 17.8 Å². The summed E-state index contributed by atoms with van der Waals surface area (Å²) in [5, 5.41) is 13.3. The second-order valence-corrected chi connectivity index (χ2v) is 8.60. The third-order valence-corrected chi connectivity index (χ3v) is 5.63. The van der Waals surface area contributed by atoms with Gasteiger partial charge < -0.3 is 10.6 Å². The monoisotopic (exact) mass is 535 g/mol. The summed E-state index contributed by atoms with van der Waals surface area (Å²) in [5.41, 5.74) is 0.203. The zero-order valence-corrected chi connectivity index (χ0v) is 20.4. The van der Waals surface area contributed by atoms with Gasteiger partial charge in [-0.1, -0.05) is 54.9 Å². The van der Waals surface area contributed by atoms with Gasteiger partial charge in [0.15, 0.2) is 0 Å². The molecule has 0 aliphatic rings. The van der Waals surface area contributed by atoms with Crippen molar-refractivity contribution in [1.82, 2.24) is 0 Å². The number of alkyl halides is 5. The third-order valence-electron chi connectivity index (χ3n) is 5.38. The predicted molar refractivity (Wildman–Crippen MR) is 136 cm³/mol. The Labute approximate surface area is 215 Å². The Morgan fingerprint density at radius 3 is 1.92 bits per heavy atom. The minimum absolute atomic E-state index is 0.0268. The highest BCUT2D eigenvalue weighted by Gasteiger charge is 2.33. The number of hydrogen-bond acceptors (Lipinski definition) is 3. The average Bonchev–Trinajstić information content (AvgIpc) is 2.85. The zero-order chi connectivity index (χ0) is 27.2. The lowest BCUT2D eigenvalue weighted by Gasteiger charge is -2.15. The summed E-state index contributed by atoms with van der Waals surface area (Å²) >= 11 is 5.87. The van der Waals surface area contributed by atoms with E-state index in [1.807, 2.05) is 0 Å². The molecule has 4 nitrogen and oxygen atoms in total. The summed E-state index contributed by atoms with van der Waals surface area (Å²) in [6, 6.07) is 17.9. The van der Waals surface area contributed by atoms with Crippen molar-refractivity contribution in [3.05, 3.63) is 101 Å². The number of hydrogen-bond donors (Lipinski definition) is 3. The fourth-order valence-electron chi connectivity index (χ4n) is 3.30. The van der Waals surface area contributed by atoms with Crippen molar-refractivity contribution >= 4 is 40.3 Å². The number of rotatable bonds is 9. The SMILES string of the molecule is CCC(F)(F)c1ccc(CC(=O)Nc2ccc(N/C(=C\C(=N)C(F)(F)F)c3ccc(Cl)cc3)cc2)cc1. The van der Waals surface area contributed by atoms with E-state index >= 15 is 0 Å². The Balaban J connectivity index is 1.68. The number of carbonyl (C=O) groups excluding carboxylic acids is 1. The van der Waals surface area contributed by atoms with Crippen molar-refractivity contribution in [2.75, 3.05) is 10.6 Å². The van der Waals surface area contributed by atoms with E-state index < -0.39 is 17.8 Å². The predicted octanol–water partition coefficient (Wildman–Crippen LogP) is 8.06. The van der Waals surface area contributed by atoms with Crippen LogP contribution >= 0.6 is 11.6 Å². The molecule has 0 radical (unpaired) electrons. The van der Waals surface area contributed by atoms with Crippen LogP contribution < -0.4 is 10.6 Å². The fourth-order valence-corrected chi connectivity index (χ4v) is 3.43. The minimum Gasteiger partial charge on any atom is -0.355 e. The molecule has 194 valence electrons. The Bertz CT molecular complexity index is 1270. The van der Waals surface area contributed by atoms with Crippen LogP contribution in [0.3, 0.4) is 0 Å². The number of allylic oxidation sites excluding steroid dienone is 1. The Hall–Kier alpha value is -3.72. The smallest absolute Gasteiger partial charge is 0.355 e. The van der Waals surface area contributed by atoms with Crippen LogP contribution in [0.25, 0.3) is 5.70 Å². The van der Waals surface area contributed by atoms with E-state index in [2.05, 4.69) is 10.6 Å². The molecule has 0 spiro atoms. The number of benzene rings is 3. The first kappa shape index (κ1) is 27.9. The van der Waals surface area contributed by atoms with E-state index in [1.165, 1.54) is 55.5 Å². The van der Waals surface area contributed by atoms with Gasteiger partial charge in [0.05, 0.1) is 6.42 Å². The molecule has 0 unspecified atom stereocenters. The highest BCUT2D eigenvalue weighted by molar-refractivity contribution is 6.30. The molecule has 0 atom stereocenters. The molecular formula is C27H23ClF5N3O. The Morgan fingerprint density at radius 1 is 0.865 bits per heavy atom. The number of nitrogens with one attached hydrogen (secondary N) is 3. The molecule has 0 aliphatic heterocycles. The first-order valence-electron chi connectivity index (χ1n) is 11.1. The number of halogens is 6. The molecular weight excluding hydrogens is 513 g/mol. The maximum absolute atomic E-state index is 13.8.